The average molecular weight is 300 g/mol. The van der Waals surface area contributed by atoms with Crippen LogP contribution in [0.1, 0.15) is 23.8 Å². The number of fused-ring (bicyclic) bond motifs is 1. The third-order valence-electron chi connectivity index (χ3n) is 3.68. The summed E-state index contributed by atoms with van der Waals surface area (Å²) in [5.41, 5.74) is 3.33. The Bertz CT molecular complexity index is 748. The Kier molecular flexibility index (Phi) is 4.28. The van der Waals surface area contributed by atoms with Crippen molar-refractivity contribution in [1.29, 1.82) is 0 Å². The zero-order valence-electron chi connectivity index (χ0n) is 12.0. The van der Waals surface area contributed by atoms with Gasteiger partial charge in [-0.3, -0.25) is 0 Å². The van der Waals surface area contributed by atoms with Gasteiger partial charge >= 0.3 is 0 Å². The first-order valence-electron chi connectivity index (χ1n) is 7.23. The number of halogens is 1. The molecule has 0 aliphatic heterocycles. The molecule has 3 rings (SSSR count). The molecule has 108 valence electrons. The summed E-state index contributed by atoms with van der Waals surface area (Å²) in [4.78, 5) is 0. The third kappa shape index (κ3) is 2.97. The highest BCUT2D eigenvalue weighted by Crippen LogP contribution is 2.26. The van der Waals surface area contributed by atoms with Gasteiger partial charge in [0.1, 0.15) is 11.3 Å². The minimum Gasteiger partial charge on any atom is -0.461 e. The molecule has 0 aliphatic carbocycles. The summed E-state index contributed by atoms with van der Waals surface area (Å²) in [6.45, 7) is 3.66. The molecule has 0 fully saturated rings. The zero-order chi connectivity index (χ0) is 14.7. The van der Waals surface area contributed by atoms with Crippen molar-refractivity contribution >= 4 is 22.6 Å². The minimum absolute atomic E-state index is 0.752. The Hall–Kier alpha value is -1.77. The topological polar surface area (TPSA) is 25.2 Å². The maximum absolute atomic E-state index is 6.18. The van der Waals surface area contributed by atoms with Crippen LogP contribution in [-0.4, -0.2) is 0 Å². The molecule has 1 heterocycles. The molecular formula is C18H18ClNO. The number of hydrogen-bond donors (Lipinski definition) is 1. The van der Waals surface area contributed by atoms with E-state index >= 15 is 0 Å². The van der Waals surface area contributed by atoms with Gasteiger partial charge in [0.05, 0.1) is 0 Å². The van der Waals surface area contributed by atoms with E-state index in [0.29, 0.717) is 0 Å². The van der Waals surface area contributed by atoms with Gasteiger partial charge in [-0.05, 0) is 17.7 Å². The van der Waals surface area contributed by atoms with Crippen LogP contribution in [0.15, 0.2) is 52.9 Å². The van der Waals surface area contributed by atoms with Crippen LogP contribution in [0.4, 0.5) is 0 Å². The molecular weight excluding hydrogens is 282 g/mol. The quantitative estimate of drug-likeness (QED) is 0.722. The second kappa shape index (κ2) is 6.33. The lowest BCUT2D eigenvalue weighted by molar-refractivity contribution is 0.544. The predicted octanol–water partition coefficient (Wildman–Crippen LogP) is 4.94. The molecule has 0 saturated heterocycles. The van der Waals surface area contributed by atoms with Gasteiger partial charge in [0.2, 0.25) is 0 Å². The second-order valence-corrected chi connectivity index (χ2v) is 5.46. The smallest absolute Gasteiger partial charge is 0.134 e. The van der Waals surface area contributed by atoms with Gasteiger partial charge in [0, 0.05) is 35.5 Å². The van der Waals surface area contributed by atoms with Crippen LogP contribution in [0, 0.1) is 0 Å². The lowest BCUT2D eigenvalue weighted by atomic mass is 10.1. The number of benzene rings is 2. The normalized spacial score (nSPS) is 11.1. The van der Waals surface area contributed by atoms with E-state index in [2.05, 4.69) is 24.4 Å². The van der Waals surface area contributed by atoms with Crippen molar-refractivity contribution in [1.82, 2.24) is 5.32 Å². The fourth-order valence-corrected chi connectivity index (χ4v) is 2.80. The molecule has 1 N–H and O–H groups in total. The van der Waals surface area contributed by atoms with Gasteiger partial charge in [-0.2, -0.15) is 0 Å². The number of para-hydroxylation sites is 1. The van der Waals surface area contributed by atoms with E-state index in [1.807, 2.05) is 36.4 Å². The van der Waals surface area contributed by atoms with Gasteiger partial charge < -0.3 is 9.73 Å². The van der Waals surface area contributed by atoms with Crippen molar-refractivity contribution < 1.29 is 4.42 Å². The van der Waals surface area contributed by atoms with Crippen LogP contribution in [0.25, 0.3) is 11.0 Å². The van der Waals surface area contributed by atoms with Crippen molar-refractivity contribution in [2.45, 2.75) is 26.4 Å². The maximum Gasteiger partial charge on any atom is 0.134 e. The number of rotatable bonds is 5. The molecule has 21 heavy (non-hydrogen) atoms. The molecule has 2 nitrogen and oxygen atoms in total. The van der Waals surface area contributed by atoms with E-state index in [-0.39, 0.29) is 0 Å². The summed E-state index contributed by atoms with van der Waals surface area (Å²) in [5, 5.41) is 5.47. The van der Waals surface area contributed by atoms with Crippen molar-refractivity contribution in [2.75, 3.05) is 0 Å². The monoisotopic (exact) mass is 299 g/mol. The van der Waals surface area contributed by atoms with Crippen LogP contribution in [0.5, 0.6) is 0 Å². The third-order valence-corrected chi connectivity index (χ3v) is 4.05. The molecule has 0 atom stereocenters. The number of furan rings is 1. The van der Waals surface area contributed by atoms with Crippen molar-refractivity contribution in [2.24, 2.45) is 0 Å². The molecule has 0 aliphatic rings. The van der Waals surface area contributed by atoms with E-state index < -0.39 is 0 Å². The average Bonchev–Trinajstić information content (AvgIpc) is 2.87. The van der Waals surface area contributed by atoms with Crippen molar-refractivity contribution in [3.8, 4) is 0 Å². The first-order valence-corrected chi connectivity index (χ1v) is 7.60. The SMILES string of the molecule is CCc1oc2ccccc2c1CNCc1ccccc1Cl. The molecule has 0 radical (unpaired) electrons. The van der Waals surface area contributed by atoms with Gasteiger partial charge in [0.15, 0.2) is 0 Å². The fourth-order valence-electron chi connectivity index (χ4n) is 2.59. The predicted molar refractivity (Wildman–Crippen MR) is 87.6 cm³/mol. The molecule has 0 saturated carbocycles. The van der Waals surface area contributed by atoms with Gasteiger partial charge in [-0.25, -0.2) is 0 Å². The lowest BCUT2D eigenvalue weighted by Gasteiger charge is -2.07. The van der Waals surface area contributed by atoms with Gasteiger partial charge in [0.25, 0.3) is 0 Å². The first kappa shape index (κ1) is 14.2. The van der Waals surface area contributed by atoms with E-state index in [0.717, 1.165) is 41.4 Å². The Morgan fingerprint density at radius 2 is 1.76 bits per heavy atom. The van der Waals surface area contributed by atoms with Crippen LogP contribution in [-0.2, 0) is 19.5 Å². The van der Waals surface area contributed by atoms with E-state index in [1.165, 1.54) is 10.9 Å². The summed E-state index contributed by atoms with van der Waals surface area (Å²) in [7, 11) is 0. The number of nitrogens with one attached hydrogen (secondary N) is 1. The molecule has 1 aromatic heterocycles. The highest BCUT2D eigenvalue weighted by molar-refractivity contribution is 6.31. The highest BCUT2D eigenvalue weighted by atomic mass is 35.5. The minimum atomic E-state index is 0.752. The largest absolute Gasteiger partial charge is 0.461 e. The van der Waals surface area contributed by atoms with Crippen molar-refractivity contribution in [3.05, 3.63) is 70.4 Å². The Labute approximate surface area is 129 Å². The van der Waals surface area contributed by atoms with Crippen molar-refractivity contribution in [3.63, 3.8) is 0 Å². The van der Waals surface area contributed by atoms with Gasteiger partial charge in [-0.15, -0.1) is 0 Å². The molecule has 0 spiro atoms. The molecule has 0 amide bonds. The van der Waals surface area contributed by atoms with E-state index in [1.54, 1.807) is 0 Å². The summed E-state index contributed by atoms with van der Waals surface area (Å²) in [6, 6.07) is 16.1. The van der Waals surface area contributed by atoms with Crippen LogP contribution in [0.3, 0.4) is 0 Å². The fraction of sp³-hybridized carbons (Fsp3) is 0.222. The zero-order valence-corrected chi connectivity index (χ0v) is 12.8. The molecule has 2 aromatic carbocycles. The Morgan fingerprint density at radius 3 is 2.57 bits per heavy atom. The maximum atomic E-state index is 6.18. The van der Waals surface area contributed by atoms with E-state index in [4.69, 9.17) is 16.0 Å². The molecule has 3 heteroatoms. The van der Waals surface area contributed by atoms with E-state index in [9.17, 15) is 0 Å². The Balaban J connectivity index is 1.77. The van der Waals surface area contributed by atoms with Crippen LogP contribution >= 0.6 is 11.6 Å². The highest BCUT2D eigenvalue weighted by Gasteiger charge is 2.11. The second-order valence-electron chi connectivity index (χ2n) is 5.05. The summed E-state index contributed by atoms with van der Waals surface area (Å²) < 4.78 is 5.91. The molecule has 3 aromatic rings. The standard InChI is InChI=1S/C18H18ClNO/c1-2-17-15(14-8-4-6-10-18(14)21-17)12-20-11-13-7-3-5-9-16(13)19/h3-10,20H,2,11-12H2,1H3. The first-order chi connectivity index (χ1) is 10.3. The van der Waals surface area contributed by atoms with Crippen LogP contribution in [0.2, 0.25) is 5.02 Å². The Morgan fingerprint density at radius 1 is 1.00 bits per heavy atom. The summed E-state index contributed by atoms with van der Waals surface area (Å²) in [6.07, 6.45) is 0.901. The van der Waals surface area contributed by atoms with Gasteiger partial charge in [-0.1, -0.05) is 54.9 Å². The lowest BCUT2D eigenvalue weighted by Crippen LogP contribution is -2.13. The number of hydrogen-bond acceptors (Lipinski definition) is 2. The molecule has 0 bridgehead atoms. The number of aryl methyl sites for hydroxylation is 1. The van der Waals surface area contributed by atoms with Crippen LogP contribution < -0.4 is 5.32 Å². The summed E-state index contributed by atoms with van der Waals surface area (Å²) >= 11 is 6.18. The summed E-state index contributed by atoms with van der Waals surface area (Å²) in [5.74, 6) is 1.06. The molecule has 0 unspecified atom stereocenters.